The highest BCUT2D eigenvalue weighted by Crippen LogP contribution is 2.34. The maximum absolute atomic E-state index is 12.3. The summed E-state index contributed by atoms with van der Waals surface area (Å²) < 4.78 is 28.3. The van der Waals surface area contributed by atoms with Gasteiger partial charge in [0, 0.05) is 10.7 Å². The minimum atomic E-state index is -3.90. The van der Waals surface area contributed by atoms with Crippen molar-refractivity contribution in [3.05, 3.63) is 28.8 Å². The summed E-state index contributed by atoms with van der Waals surface area (Å²) in [6, 6.07) is 3.75. The van der Waals surface area contributed by atoms with Crippen LogP contribution in [0, 0.1) is 0 Å². The van der Waals surface area contributed by atoms with E-state index >= 15 is 0 Å². The summed E-state index contributed by atoms with van der Waals surface area (Å²) in [7, 11) is 1.38. The molecule has 2 aliphatic heterocycles. The molecule has 1 aromatic carbocycles. The molecule has 1 aromatic rings. The number of halogens is 2. The van der Waals surface area contributed by atoms with Crippen LogP contribution < -0.4 is 5.32 Å². The normalized spacial score (nSPS) is 27.8. The van der Waals surface area contributed by atoms with E-state index in [0.29, 0.717) is 0 Å². The molecule has 0 saturated carbocycles. The summed E-state index contributed by atoms with van der Waals surface area (Å²) in [6.45, 7) is 0. The Morgan fingerprint density at radius 2 is 2.10 bits per heavy atom. The number of hydrogen-bond donors (Lipinski definition) is 1. The van der Waals surface area contributed by atoms with Gasteiger partial charge in [-0.1, -0.05) is 11.6 Å². The van der Waals surface area contributed by atoms with Crippen molar-refractivity contribution < 1.29 is 17.9 Å². The zero-order valence-electron chi connectivity index (χ0n) is 10.9. The quantitative estimate of drug-likeness (QED) is 0.850. The minimum Gasteiger partial charge on any atom is -0.373 e. The first-order valence-corrected chi connectivity index (χ1v) is 9.24. The Morgan fingerprint density at radius 3 is 2.67 bits per heavy atom. The summed E-state index contributed by atoms with van der Waals surface area (Å²) in [5, 5.41) is 3.04. The molecule has 3 unspecified atom stereocenters. The average Bonchev–Trinajstić information content (AvgIpc) is 2.99. The van der Waals surface area contributed by atoms with Crippen molar-refractivity contribution in [1.29, 1.82) is 0 Å². The molecule has 2 fully saturated rings. The van der Waals surface area contributed by atoms with E-state index in [2.05, 4.69) is 5.32 Å². The smallest absolute Gasteiger partial charge is 0.261 e. The lowest BCUT2D eigenvalue weighted by Gasteiger charge is -2.20. The lowest BCUT2D eigenvalue weighted by molar-refractivity contribution is 0.0841. The molecule has 2 aliphatic rings. The fourth-order valence-corrected chi connectivity index (χ4v) is 3.85. The van der Waals surface area contributed by atoms with Crippen LogP contribution in [0.3, 0.4) is 0 Å². The molecule has 0 spiro atoms. The van der Waals surface area contributed by atoms with E-state index < -0.39 is 15.0 Å². The molecule has 1 amide bonds. The number of amides is 1. The molecule has 2 heterocycles. The maximum atomic E-state index is 12.3. The molecule has 21 heavy (non-hydrogen) atoms. The predicted molar refractivity (Wildman–Crippen MR) is 78.3 cm³/mol. The van der Waals surface area contributed by atoms with Crippen molar-refractivity contribution in [2.45, 2.75) is 42.4 Å². The van der Waals surface area contributed by atoms with E-state index in [1.807, 2.05) is 0 Å². The monoisotopic (exact) mass is 349 g/mol. The van der Waals surface area contributed by atoms with Crippen molar-refractivity contribution >= 4 is 37.2 Å². The number of carbonyl (C=O) groups excluding carboxylic acids is 1. The van der Waals surface area contributed by atoms with E-state index in [-0.39, 0.29) is 33.7 Å². The third kappa shape index (κ3) is 3.04. The fraction of sp³-hybridized carbons (Fsp3) is 0.462. The first kappa shape index (κ1) is 15.1. The van der Waals surface area contributed by atoms with Gasteiger partial charge in [-0.25, -0.2) is 8.42 Å². The van der Waals surface area contributed by atoms with Crippen LogP contribution in [0.15, 0.2) is 23.1 Å². The average molecular weight is 350 g/mol. The van der Waals surface area contributed by atoms with E-state index in [0.717, 1.165) is 19.3 Å². The van der Waals surface area contributed by atoms with Crippen LogP contribution >= 0.6 is 22.3 Å². The number of hydrogen-bond acceptors (Lipinski definition) is 4. The molecular weight excluding hydrogens is 337 g/mol. The van der Waals surface area contributed by atoms with E-state index in [4.69, 9.17) is 27.0 Å². The molecule has 0 aliphatic carbocycles. The number of nitrogens with one attached hydrogen (secondary N) is 1. The van der Waals surface area contributed by atoms with E-state index in [1.54, 1.807) is 0 Å². The van der Waals surface area contributed by atoms with Gasteiger partial charge in [-0.15, -0.1) is 0 Å². The zero-order valence-corrected chi connectivity index (χ0v) is 13.2. The Hall–Kier alpha value is -0.820. The minimum absolute atomic E-state index is 0.0395. The standard InChI is InChI=1S/C13H13Cl2NO4S/c14-10-3-2-8(21(15,18)19)6-9(10)13(17)16-11-5-7-1-4-12(11)20-7/h2-3,6-7,11-12H,1,4-5H2,(H,16,17). The van der Waals surface area contributed by atoms with Gasteiger partial charge in [0.15, 0.2) is 0 Å². The Labute approximate surface area is 132 Å². The Bertz CT molecular complexity index is 691. The van der Waals surface area contributed by atoms with Crippen molar-refractivity contribution in [2.24, 2.45) is 0 Å². The van der Waals surface area contributed by atoms with Crippen LogP contribution in [0.25, 0.3) is 0 Å². The lowest BCUT2D eigenvalue weighted by Crippen LogP contribution is -2.41. The second kappa shape index (κ2) is 5.43. The van der Waals surface area contributed by atoms with Crippen LogP contribution in [0.1, 0.15) is 29.6 Å². The van der Waals surface area contributed by atoms with Crippen LogP contribution in [-0.2, 0) is 13.8 Å². The van der Waals surface area contributed by atoms with Crippen molar-refractivity contribution in [3.63, 3.8) is 0 Å². The molecule has 2 bridgehead atoms. The van der Waals surface area contributed by atoms with E-state index in [1.165, 1.54) is 18.2 Å². The topological polar surface area (TPSA) is 72.5 Å². The summed E-state index contributed by atoms with van der Waals surface area (Å²) >= 11 is 5.98. The van der Waals surface area contributed by atoms with Crippen molar-refractivity contribution in [3.8, 4) is 0 Å². The molecule has 3 rings (SSSR count). The van der Waals surface area contributed by atoms with Crippen LogP contribution in [0.5, 0.6) is 0 Å². The summed E-state index contributed by atoms with van der Waals surface area (Å²) in [5.74, 6) is -0.414. The fourth-order valence-electron chi connectivity index (χ4n) is 2.87. The zero-order chi connectivity index (χ0) is 15.2. The molecular formula is C13H13Cl2NO4S. The molecule has 3 atom stereocenters. The molecule has 2 saturated heterocycles. The molecule has 1 N–H and O–H groups in total. The third-order valence-electron chi connectivity index (χ3n) is 3.89. The van der Waals surface area contributed by atoms with E-state index in [9.17, 15) is 13.2 Å². The van der Waals surface area contributed by atoms with Crippen LogP contribution in [0.4, 0.5) is 0 Å². The Kier molecular flexibility index (Phi) is 3.90. The van der Waals surface area contributed by atoms with Gasteiger partial charge >= 0.3 is 0 Å². The second-order valence-electron chi connectivity index (χ2n) is 5.27. The lowest BCUT2D eigenvalue weighted by atomic mass is 9.95. The highest BCUT2D eigenvalue weighted by molar-refractivity contribution is 8.13. The largest absolute Gasteiger partial charge is 0.373 e. The van der Waals surface area contributed by atoms with Gasteiger partial charge in [-0.3, -0.25) is 4.79 Å². The number of fused-ring (bicyclic) bond motifs is 2. The van der Waals surface area contributed by atoms with Gasteiger partial charge in [0.05, 0.1) is 33.7 Å². The maximum Gasteiger partial charge on any atom is 0.261 e. The molecule has 0 radical (unpaired) electrons. The summed E-state index contributed by atoms with van der Waals surface area (Å²) in [4.78, 5) is 12.1. The van der Waals surface area contributed by atoms with Gasteiger partial charge < -0.3 is 10.1 Å². The molecule has 5 nitrogen and oxygen atoms in total. The van der Waals surface area contributed by atoms with Gasteiger partial charge in [-0.2, -0.15) is 0 Å². The predicted octanol–water partition coefficient (Wildman–Crippen LogP) is 2.32. The van der Waals surface area contributed by atoms with Crippen LogP contribution in [-0.4, -0.2) is 32.6 Å². The SMILES string of the molecule is O=C(NC1CC2CCC1O2)c1cc(S(=O)(=O)Cl)ccc1Cl. The highest BCUT2D eigenvalue weighted by Gasteiger charge is 2.41. The van der Waals surface area contributed by atoms with Gasteiger partial charge in [0.25, 0.3) is 15.0 Å². The molecule has 0 aromatic heterocycles. The van der Waals surface area contributed by atoms with Crippen molar-refractivity contribution in [2.75, 3.05) is 0 Å². The number of benzene rings is 1. The van der Waals surface area contributed by atoms with Crippen molar-refractivity contribution in [1.82, 2.24) is 5.32 Å². The Balaban J connectivity index is 1.81. The Morgan fingerprint density at radius 1 is 1.33 bits per heavy atom. The highest BCUT2D eigenvalue weighted by atomic mass is 35.7. The van der Waals surface area contributed by atoms with Crippen LogP contribution in [0.2, 0.25) is 5.02 Å². The van der Waals surface area contributed by atoms with Gasteiger partial charge in [-0.05, 0) is 37.5 Å². The first-order valence-electron chi connectivity index (χ1n) is 6.55. The van der Waals surface area contributed by atoms with Gasteiger partial charge in [0.1, 0.15) is 0 Å². The summed E-state index contributed by atoms with van der Waals surface area (Å²) in [6.07, 6.45) is 2.99. The molecule has 8 heteroatoms. The third-order valence-corrected chi connectivity index (χ3v) is 5.57. The molecule has 114 valence electrons. The number of carbonyl (C=O) groups is 1. The second-order valence-corrected chi connectivity index (χ2v) is 8.24. The number of rotatable bonds is 3. The first-order chi connectivity index (χ1) is 9.84. The summed E-state index contributed by atoms with van der Waals surface area (Å²) in [5.41, 5.74) is 0.0983. The number of ether oxygens (including phenoxy) is 1. The van der Waals surface area contributed by atoms with Gasteiger partial charge in [0.2, 0.25) is 0 Å².